The van der Waals surface area contributed by atoms with Crippen LogP contribution in [0.3, 0.4) is 0 Å². The van der Waals surface area contributed by atoms with Crippen LogP contribution >= 0.6 is 0 Å². The largest absolute Gasteiger partial charge is 0.478 e. The Labute approximate surface area is 122 Å². The average Bonchev–Trinajstić information content (AvgIpc) is 2.41. The fraction of sp³-hybridized carbons (Fsp3) is 0.188. The average molecular weight is 284 g/mol. The number of benzene rings is 1. The van der Waals surface area contributed by atoms with Crippen LogP contribution in [-0.2, 0) is 4.79 Å². The minimum Gasteiger partial charge on any atom is -0.478 e. The first kappa shape index (κ1) is 14.7. The molecule has 0 radical (unpaired) electrons. The van der Waals surface area contributed by atoms with Gasteiger partial charge in [-0.05, 0) is 48.7 Å². The highest BCUT2D eigenvalue weighted by Gasteiger charge is 2.10. The van der Waals surface area contributed by atoms with Gasteiger partial charge in [0.25, 0.3) is 0 Å². The van der Waals surface area contributed by atoms with E-state index in [9.17, 15) is 9.59 Å². The number of aromatic nitrogens is 1. The normalized spacial score (nSPS) is 10.2. The Morgan fingerprint density at radius 2 is 1.86 bits per heavy atom. The molecule has 0 saturated carbocycles. The van der Waals surface area contributed by atoms with Gasteiger partial charge in [0, 0.05) is 18.7 Å². The van der Waals surface area contributed by atoms with Gasteiger partial charge in [-0.3, -0.25) is 4.79 Å². The van der Waals surface area contributed by atoms with E-state index in [0.29, 0.717) is 5.82 Å². The number of hydrogen-bond donors (Lipinski definition) is 2. The molecule has 0 spiro atoms. The maximum absolute atomic E-state index is 11.1. The molecule has 0 aliphatic rings. The van der Waals surface area contributed by atoms with E-state index in [1.54, 1.807) is 24.4 Å². The Hall–Kier alpha value is -2.69. The molecular formula is C16H16N2O3. The second kappa shape index (κ2) is 5.75. The van der Waals surface area contributed by atoms with Crippen LogP contribution < -0.4 is 5.32 Å². The van der Waals surface area contributed by atoms with Crippen LogP contribution in [-0.4, -0.2) is 22.0 Å². The summed E-state index contributed by atoms with van der Waals surface area (Å²) < 4.78 is 0. The van der Waals surface area contributed by atoms with Crippen molar-refractivity contribution in [1.82, 2.24) is 4.98 Å². The quantitative estimate of drug-likeness (QED) is 0.908. The number of nitrogens with one attached hydrogen (secondary N) is 1. The molecule has 0 bridgehead atoms. The predicted octanol–water partition coefficient (Wildman–Crippen LogP) is 3.02. The number of aromatic carboxylic acids is 1. The Kier molecular flexibility index (Phi) is 4.03. The van der Waals surface area contributed by atoms with Crippen molar-refractivity contribution in [2.45, 2.75) is 20.8 Å². The standard InChI is InChI=1S/C16H16N2O3/c1-9-4-5-12(16(20)21)7-14(9)13-6-10(2)15(17-8-13)18-11(3)19/h4-8H,1-3H3,(H,20,21)(H,17,18,19). The predicted molar refractivity (Wildman–Crippen MR) is 80.4 cm³/mol. The Balaban J connectivity index is 2.47. The number of amides is 1. The monoisotopic (exact) mass is 284 g/mol. The van der Waals surface area contributed by atoms with Crippen molar-refractivity contribution < 1.29 is 14.7 Å². The Morgan fingerprint density at radius 3 is 2.43 bits per heavy atom. The molecule has 0 aliphatic carbocycles. The van der Waals surface area contributed by atoms with Gasteiger partial charge in [0.1, 0.15) is 5.82 Å². The summed E-state index contributed by atoms with van der Waals surface area (Å²) in [5.41, 5.74) is 3.66. The van der Waals surface area contributed by atoms with Crippen molar-refractivity contribution >= 4 is 17.7 Å². The fourth-order valence-corrected chi connectivity index (χ4v) is 2.09. The van der Waals surface area contributed by atoms with Gasteiger partial charge >= 0.3 is 5.97 Å². The summed E-state index contributed by atoms with van der Waals surface area (Å²) in [6.45, 7) is 5.19. The molecule has 2 N–H and O–H groups in total. The summed E-state index contributed by atoms with van der Waals surface area (Å²) in [6.07, 6.45) is 1.63. The highest BCUT2D eigenvalue weighted by molar-refractivity contribution is 5.90. The highest BCUT2D eigenvalue weighted by atomic mass is 16.4. The molecule has 0 saturated heterocycles. The van der Waals surface area contributed by atoms with Crippen molar-refractivity contribution in [2.75, 3.05) is 5.32 Å². The molecule has 0 atom stereocenters. The SMILES string of the molecule is CC(=O)Nc1ncc(-c2cc(C(=O)O)ccc2C)cc1C. The third kappa shape index (κ3) is 3.25. The number of carboxylic acid groups (broad SMARTS) is 1. The molecule has 0 unspecified atom stereocenters. The van der Waals surface area contributed by atoms with E-state index < -0.39 is 5.97 Å². The molecule has 21 heavy (non-hydrogen) atoms. The van der Waals surface area contributed by atoms with Gasteiger partial charge in [-0.25, -0.2) is 9.78 Å². The second-order valence-electron chi connectivity index (χ2n) is 4.91. The first-order chi connectivity index (χ1) is 9.88. The van der Waals surface area contributed by atoms with Crippen LogP contribution in [0.5, 0.6) is 0 Å². The zero-order valence-electron chi connectivity index (χ0n) is 12.1. The van der Waals surface area contributed by atoms with Gasteiger partial charge in [0.15, 0.2) is 0 Å². The van der Waals surface area contributed by atoms with Crippen molar-refractivity contribution in [3.63, 3.8) is 0 Å². The number of anilines is 1. The fourth-order valence-electron chi connectivity index (χ4n) is 2.09. The third-order valence-electron chi connectivity index (χ3n) is 3.17. The molecule has 1 aromatic carbocycles. The van der Waals surface area contributed by atoms with E-state index in [-0.39, 0.29) is 11.5 Å². The summed E-state index contributed by atoms with van der Waals surface area (Å²) in [6, 6.07) is 6.86. The van der Waals surface area contributed by atoms with Crippen molar-refractivity contribution in [2.24, 2.45) is 0 Å². The number of hydrogen-bond acceptors (Lipinski definition) is 3. The highest BCUT2D eigenvalue weighted by Crippen LogP contribution is 2.26. The second-order valence-corrected chi connectivity index (χ2v) is 4.91. The molecule has 1 aromatic heterocycles. The zero-order valence-corrected chi connectivity index (χ0v) is 12.1. The number of pyridine rings is 1. The van der Waals surface area contributed by atoms with Gasteiger partial charge in [0.05, 0.1) is 5.56 Å². The molecule has 2 rings (SSSR count). The first-order valence-corrected chi connectivity index (χ1v) is 6.47. The number of rotatable bonds is 3. The van der Waals surface area contributed by atoms with E-state index >= 15 is 0 Å². The van der Waals surface area contributed by atoms with Gasteiger partial charge in [-0.15, -0.1) is 0 Å². The maximum Gasteiger partial charge on any atom is 0.335 e. The number of carboxylic acids is 1. The number of aryl methyl sites for hydroxylation is 2. The number of carbonyl (C=O) groups excluding carboxylic acids is 1. The van der Waals surface area contributed by atoms with Gasteiger partial charge in [-0.1, -0.05) is 6.07 Å². The molecular weight excluding hydrogens is 268 g/mol. The van der Waals surface area contributed by atoms with E-state index in [1.165, 1.54) is 6.92 Å². The van der Waals surface area contributed by atoms with E-state index in [4.69, 9.17) is 5.11 Å². The summed E-state index contributed by atoms with van der Waals surface area (Å²) in [5.74, 6) is -0.628. The van der Waals surface area contributed by atoms with E-state index in [0.717, 1.165) is 22.3 Å². The molecule has 0 aliphatic heterocycles. The van der Waals surface area contributed by atoms with Crippen molar-refractivity contribution in [3.05, 3.63) is 47.2 Å². The molecule has 5 heteroatoms. The Bertz CT molecular complexity index is 723. The lowest BCUT2D eigenvalue weighted by atomic mass is 9.98. The van der Waals surface area contributed by atoms with Gasteiger partial charge in [0.2, 0.25) is 5.91 Å². The summed E-state index contributed by atoms with van der Waals surface area (Å²) in [5, 5.41) is 11.7. The first-order valence-electron chi connectivity index (χ1n) is 6.47. The third-order valence-corrected chi connectivity index (χ3v) is 3.17. The summed E-state index contributed by atoms with van der Waals surface area (Å²) in [4.78, 5) is 26.4. The molecule has 1 heterocycles. The zero-order chi connectivity index (χ0) is 15.6. The van der Waals surface area contributed by atoms with Crippen molar-refractivity contribution in [1.29, 1.82) is 0 Å². The molecule has 1 amide bonds. The van der Waals surface area contributed by atoms with Crippen LogP contribution in [0.15, 0.2) is 30.5 Å². The minimum atomic E-state index is -0.962. The van der Waals surface area contributed by atoms with E-state index in [2.05, 4.69) is 10.3 Å². The smallest absolute Gasteiger partial charge is 0.335 e. The van der Waals surface area contributed by atoms with Crippen LogP contribution in [0.25, 0.3) is 11.1 Å². The van der Waals surface area contributed by atoms with Crippen LogP contribution in [0, 0.1) is 13.8 Å². The number of carbonyl (C=O) groups is 2. The molecule has 0 fully saturated rings. The lowest BCUT2D eigenvalue weighted by molar-refractivity contribution is -0.114. The molecule has 2 aromatic rings. The van der Waals surface area contributed by atoms with Crippen molar-refractivity contribution in [3.8, 4) is 11.1 Å². The van der Waals surface area contributed by atoms with Crippen LogP contribution in [0.4, 0.5) is 5.82 Å². The molecule has 108 valence electrons. The van der Waals surface area contributed by atoms with Gasteiger partial charge in [-0.2, -0.15) is 0 Å². The van der Waals surface area contributed by atoms with E-state index in [1.807, 2.05) is 19.9 Å². The van der Waals surface area contributed by atoms with Gasteiger partial charge < -0.3 is 10.4 Å². The van der Waals surface area contributed by atoms with Crippen LogP contribution in [0.1, 0.15) is 28.4 Å². The number of nitrogens with zero attached hydrogens (tertiary/aromatic N) is 1. The lowest BCUT2D eigenvalue weighted by Crippen LogP contribution is -2.09. The summed E-state index contributed by atoms with van der Waals surface area (Å²) in [7, 11) is 0. The Morgan fingerprint density at radius 1 is 1.14 bits per heavy atom. The lowest BCUT2D eigenvalue weighted by Gasteiger charge is -2.10. The maximum atomic E-state index is 11.1. The molecule has 5 nitrogen and oxygen atoms in total. The topological polar surface area (TPSA) is 79.3 Å². The summed E-state index contributed by atoms with van der Waals surface area (Å²) >= 11 is 0. The van der Waals surface area contributed by atoms with Crippen LogP contribution in [0.2, 0.25) is 0 Å². The minimum absolute atomic E-state index is 0.178.